The molecule has 0 radical (unpaired) electrons. The van der Waals surface area contributed by atoms with Crippen molar-refractivity contribution in [3.05, 3.63) is 43.8 Å². The molecule has 0 aliphatic rings. The van der Waals surface area contributed by atoms with Gasteiger partial charge in [-0.05, 0) is 38.5 Å². The van der Waals surface area contributed by atoms with Crippen molar-refractivity contribution in [1.82, 2.24) is 9.88 Å². The highest BCUT2D eigenvalue weighted by atomic mass is 32.1. The molecule has 0 fully saturated rings. The van der Waals surface area contributed by atoms with Crippen LogP contribution in [0.25, 0.3) is 11.8 Å². The number of benzene rings is 1. The Balaban J connectivity index is 2.09. The highest BCUT2D eigenvalue weighted by Crippen LogP contribution is 2.15. The van der Waals surface area contributed by atoms with E-state index in [-0.39, 0.29) is 23.6 Å². The molecule has 1 aromatic carbocycles. The number of nitrogens with one attached hydrogen (secondary N) is 3. The lowest BCUT2D eigenvalue weighted by Crippen LogP contribution is -2.34. The van der Waals surface area contributed by atoms with Gasteiger partial charge in [0.1, 0.15) is 21.9 Å². The SMILES string of the molecule is CCCCOCCOCC(=O)Nc1cccc(NC=c2sc(=C(C#N)C(=O)NCC)n(CC)c2=O)c1. The molecule has 0 saturated heterocycles. The summed E-state index contributed by atoms with van der Waals surface area (Å²) in [6, 6.07) is 8.91. The minimum Gasteiger partial charge on any atom is -0.379 e. The maximum absolute atomic E-state index is 12.8. The van der Waals surface area contributed by atoms with Gasteiger partial charge in [0.15, 0.2) is 5.57 Å². The van der Waals surface area contributed by atoms with E-state index in [1.54, 1.807) is 38.1 Å². The standard InChI is InChI=1S/C25H33N5O5S/c1-4-7-11-34-12-13-35-17-22(31)29-19-10-8-9-18(14-19)28-16-21-24(33)30(6-3)25(36-21)20(15-26)23(32)27-5-2/h8-10,14,16,28H,4-7,11-13,17H2,1-3H3,(H,27,32)(H,29,31). The van der Waals surface area contributed by atoms with Gasteiger partial charge in [-0.25, -0.2) is 0 Å². The summed E-state index contributed by atoms with van der Waals surface area (Å²) in [5.41, 5.74) is 0.807. The lowest BCUT2D eigenvalue weighted by molar-refractivity contribution is -0.121. The number of rotatable bonds is 14. The predicted molar refractivity (Wildman–Crippen MR) is 141 cm³/mol. The van der Waals surface area contributed by atoms with Gasteiger partial charge in [0.05, 0.1) is 13.2 Å². The molecule has 11 heteroatoms. The highest BCUT2D eigenvalue weighted by molar-refractivity contribution is 7.07. The number of thiazole rings is 1. The van der Waals surface area contributed by atoms with Gasteiger partial charge in [0, 0.05) is 37.3 Å². The molecule has 1 aromatic heterocycles. The Labute approximate surface area is 214 Å². The molecule has 36 heavy (non-hydrogen) atoms. The molecule has 0 bridgehead atoms. The fourth-order valence-corrected chi connectivity index (χ4v) is 4.19. The number of hydrogen-bond acceptors (Lipinski definition) is 8. The van der Waals surface area contributed by atoms with E-state index in [0.717, 1.165) is 24.2 Å². The lowest BCUT2D eigenvalue weighted by Gasteiger charge is -2.08. The number of unbranched alkanes of at least 4 members (excludes halogenated alkanes) is 1. The number of carbonyl (C=O) groups is 2. The summed E-state index contributed by atoms with van der Waals surface area (Å²) in [4.78, 5) is 37.2. The smallest absolute Gasteiger partial charge is 0.270 e. The monoisotopic (exact) mass is 515 g/mol. The van der Waals surface area contributed by atoms with Crippen molar-refractivity contribution in [3.63, 3.8) is 0 Å². The van der Waals surface area contributed by atoms with Crippen molar-refractivity contribution < 1.29 is 19.1 Å². The van der Waals surface area contributed by atoms with Gasteiger partial charge >= 0.3 is 0 Å². The predicted octanol–water partition coefficient (Wildman–Crippen LogP) is 1.36. The highest BCUT2D eigenvalue weighted by Gasteiger charge is 2.14. The quantitative estimate of drug-likeness (QED) is 0.324. The maximum atomic E-state index is 12.8. The molecule has 10 nitrogen and oxygen atoms in total. The van der Waals surface area contributed by atoms with Crippen LogP contribution >= 0.6 is 11.3 Å². The van der Waals surface area contributed by atoms with Gasteiger partial charge in [-0.3, -0.25) is 19.0 Å². The van der Waals surface area contributed by atoms with E-state index in [1.807, 2.05) is 6.07 Å². The second-order valence-corrected chi connectivity index (χ2v) is 8.63. The molecule has 2 rings (SSSR count). The number of amides is 2. The number of nitrogens with zero attached hydrogens (tertiary/aromatic N) is 2. The van der Waals surface area contributed by atoms with Gasteiger partial charge in [-0.2, -0.15) is 5.26 Å². The topological polar surface area (TPSA) is 134 Å². The molecule has 1 heterocycles. The molecule has 0 aliphatic heterocycles. The summed E-state index contributed by atoms with van der Waals surface area (Å²) < 4.78 is 12.8. The van der Waals surface area contributed by atoms with E-state index < -0.39 is 5.91 Å². The average molecular weight is 516 g/mol. The van der Waals surface area contributed by atoms with E-state index in [4.69, 9.17) is 9.47 Å². The Bertz CT molecular complexity index is 1240. The second kappa shape index (κ2) is 15.5. The fraction of sp³-hybridized carbons (Fsp3) is 0.440. The molecule has 0 aliphatic carbocycles. The Morgan fingerprint density at radius 2 is 1.89 bits per heavy atom. The molecule has 0 atom stereocenters. The van der Waals surface area contributed by atoms with E-state index >= 15 is 0 Å². The lowest BCUT2D eigenvalue weighted by atomic mass is 10.2. The van der Waals surface area contributed by atoms with Crippen LogP contribution in [0, 0.1) is 11.3 Å². The van der Waals surface area contributed by atoms with Crippen LogP contribution < -0.4 is 30.7 Å². The maximum Gasteiger partial charge on any atom is 0.270 e. The summed E-state index contributed by atoms with van der Waals surface area (Å²) in [5.74, 6) is -0.803. The van der Waals surface area contributed by atoms with Crippen molar-refractivity contribution in [2.45, 2.75) is 40.2 Å². The zero-order valence-electron chi connectivity index (χ0n) is 20.9. The van der Waals surface area contributed by atoms with Crippen molar-refractivity contribution in [1.29, 1.82) is 5.26 Å². The first-order chi connectivity index (χ1) is 17.4. The Kier molecular flexibility index (Phi) is 12.4. The third-order valence-electron chi connectivity index (χ3n) is 4.88. The molecular weight excluding hydrogens is 482 g/mol. The van der Waals surface area contributed by atoms with Crippen LogP contribution in [-0.4, -0.2) is 49.4 Å². The summed E-state index contributed by atoms with van der Waals surface area (Å²) in [6.07, 6.45) is 3.59. The molecule has 2 aromatic rings. The zero-order valence-corrected chi connectivity index (χ0v) is 21.7. The van der Waals surface area contributed by atoms with Crippen LogP contribution in [0.1, 0.15) is 33.6 Å². The number of nitriles is 1. The Hall–Kier alpha value is -3.46. The first-order valence-electron chi connectivity index (χ1n) is 11.9. The van der Waals surface area contributed by atoms with Crippen molar-refractivity contribution in [2.24, 2.45) is 0 Å². The van der Waals surface area contributed by atoms with E-state index in [2.05, 4.69) is 22.9 Å². The Morgan fingerprint density at radius 1 is 1.14 bits per heavy atom. The van der Waals surface area contributed by atoms with Crippen molar-refractivity contribution in [2.75, 3.05) is 43.6 Å². The van der Waals surface area contributed by atoms with Gasteiger partial charge in [0.2, 0.25) is 5.91 Å². The van der Waals surface area contributed by atoms with Crippen LogP contribution in [0.15, 0.2) is 29.1 Å². The van der Waals surface area contributed by atoms with Gasteiger partial charge < -0.3 is 25.4 Å². The molecular formula is C25H33N5O5S. The molecule has 194 valence electrons. The van der Waals surface area contributed by atoms with Crippen molar-refractivity contribution in [3.8, 4) is 6.07 Å². The summed E-state index contributed by atoms with van der Waals surface area (Å²) in [6.45, 7) is 7.71. The normalized spacial score (nSPS) is 12.1. The van der Waals surface area contributed by atoms with E-state index in [9.17, 15) is 19.6 Å². The van der Waals surface area contributed by atoms with Crippen LogP contribution in [0.5, 0.6) is 0 Å². The molecule has 0 saturated carbocycles. The third kappa shape index (κ3) is 8.64. The van der Waals surface area contributed by atoms with Gasteiger partial charge in [-0.15, -0.1) is 11.3 Å². The molecule has 3 N–H and O–H groups in total. The third-order valence-corrected chi connectivity index (χ3v) is 6.01. The summed E-state index contributed by atoms with van der Waals surface area (Å²) in [5, 5.41) is 17.9. The number of hydrogen-bond donors (Lipinski definition) is 3. The second-order valence-electron chi connectivity index (χ2n) is 7.60. The first-order valence-corrected chi connectivity index (χ1v) is 12.7. The first kappa shape index (κ1) is 28.8. The number of carbonyl (C=O) groups excluding carboxylic acids is 2. The fourth-order valence-electron chi connectivity index (χ4n) is 3.10. The number of aromatic nitrogens is 1. The van der Waals surface area contributed by atoms with E-state index in [0.29, 0.717) is 53.5 Å². The summed E-state index contributed by atoms with van der Waals surface area (Å²) in [7, 11) is 0. The number of anilines is 2. The zero-order chi connectivity index (χ0) is 26.3. The molecule has 0 unspecified atom stereocenters. The molecule has 2 amide bonds. The Morgan fingerprint density at radius 3 is 2.58 bits per heavy atom. The van der Waals surface area contributed by atoms with Gasteiger partial charge in [0.25, 0.3) is 11.5 Å². The van der Waals surface area contributed by atoms with Gasteiger partial charge in [-0.1, -0.05) is 19.4 Å². The summed E-state index contributed by atoms with van der Waals surface area (Å²) >= 11 is 1.06. The largest absolute Gasteiger partial charge is 0.379 e. The van der Waals surface area contributed by atoms with Crippen LogP contribution in [-0.2, 0) is 25.6 Å². The minimum atomic E-state index is -0.514. The van der Waals surface area contributed by atoms with Crippen LogP contribution in [0.4, 0.5) is 11.4 Å². The number of ether oxygens (including phenoxy) is 2. The molecule has 0 spiro atoms. The van der Waals surface area contributed by atoms with E-state index in [1.165, 1.54) is 10.8 Å². The van der Waals surface area contributed by atoms with Crippen LogP contribution in [0.3, 0.4) is 0 Å². The minimum absolute atomic E-state index is 0.0845. The van der Waals surface area contributed by atoms with Crippen LogP contribution in [0.2, 0.25) is 0 Å². The van der Waals surface area contributed by atoms with Crippen molar-refractivity contribution >= 4 is 46.3 Å². The average Bonchev–Trinajstić information content (AvgIpc) is 3.17.